The Bertz CT molecular complexity index is 646. The van der Waals surface area contributed by atoms with E-state index in [2.05, 4.69) is 15.5 Å². The summed E-state index contributed by atoms with van der Waals surface area (Å²) in [6, 6.07) is 7.78. The molecular formula is C14H15N3O2S. The van der Waals surface area contributed by atoms with Crippen molar-refractivity contribution in [1.82, 2.24) is 15.5 Å². The first-order chi connectivity index (χ1) is 9.74. The van der Waals surface area contributed by atoms with Crippen LogP contribution in [0, 0.1) is 0 Å². The van der Waals surface area contributed by atoms with Crippen molar-refractivity contribution in [2.45, 2.75) is 25.9 Å². The molecule has 2 atom stereocenters. The molecule has 0 amide bonds. The van der Waals surface area contributed by atoms with Gasteiger partial charge in [0, 0.05) is 0 Å². The lowest BCUT2D eigenvalue weighted by Gasteiger charge is -2.15. The molecule has 0 bridgehead atoms. The van der Waals surface area contributed by atoms with Gasteiger partial charge in [-0.15, -0.1) is 21.5 Å². The molecule has 0 aliphatic heterocycles. The van der Waals surface area contributed by atoms with Crippen molar-refractivity contribution >= 4 is 11.3 Å². The van der Waals surface area contributed by atoms with E-state index in [-0.39, 0.29) is 12.1 Å². The van der Waals surface area contributed by atoms with E-state index in [0.717, 1.165) is 10.6 Å². The highest BCUT2D eigenvalue weighted by molar-refractivity contribution is 7.13. The molecule has 3 aromatic rings. The summed E-state index contributed by atoms with van der Waals surface area (Å²) in [6.07, 6.45) is 1.67. The van der Waals surface area contributed by atoms with Crippen molar-refractivity contribution in [2.24, 2.45) is 0 Å². The molecule has 0 aromatic carbocycles. The Kier molecular flexibility index (Phi) is 3.66. The minimum absolute atomic E-state index is 0.0451. The zero-order chi connectivity index (χ0) is 13.9. The molecule has 5 nitrogen and oxygen atoms in total. The predicted octanol–water partition coefficient (Wildman–Crippen LogP) is 3.80. The van der Waals surface area contributed by atoms with Crippen LogP contribution in [0.25, 0.3) is 10.8 Å². The number of furan rings is 1. The van der Waals surface area contributed by atoms with E-state index in [4.69, 9.17) is 8.83 Å². The van der Waals surface area contributed by atoms with Crippen molar-refractivity contribution < 1.29 is 8.83 Å². The van der Waals surface area contributed by atoms with Gasteiger partial charge >= 0.3 is 0 Å². The second kappa shape index (κ2) is 5.60. The minimum atomic E-state index is -0.0451. The SMILES string of the molecule is C[C@@H](N[C@H](C)c1nnc(-c2cccs2)o1)c1ccco1. The third-order valence-corrected chi connectivity index (χ3v) is 3.87. The van der Waals surface area contributed by atoms with Gasteiger partial charge in [-0.25, -0.2) is 0 Å². The summed E-state index contributed by atoms with van der Waals surface area (Å²) in [5.41, 5.74) is 0. The molecule has 0 aliphatic carbocycles. The second-order valence-corrected chi connectivity index (χ2v) is 5.50. The van der Waals surface area contributed by atoms with Crippen molar-refractivity contribution in [3.05, 3.63) is 47.6 Å². The van der Waals surface area contributed by atoms with Crippen molar-refractivity contribution in [1.29, 1.82) is 0 Å². The Labute approximate surface area is 120 Å². The number of hydrogen-bond donors (Lipinski definition) is 1. The fraction of sp³-hybridized carbons (Fsp3) is 0.286. The highest BCUT2D eigenvalue weighted by atomic mass is 32.1. The molecule has 0 fully saturated rings. The molecule has 0 saturated carbocycles. The minimum Gasteiger partial charge on any atom is -0.468 e. The average Bonchev–Trinajstić information content (AvgIpc) is 3.19. The topological polar surface area (TPSA) is 64.1 Å². The molecule has 1 N–H and O–H groups in total. The van der Waals surface area contributed by atoms with E-state index in [9.17, 15) is 0 Å². The van der Waals surface area contributed by atoms with E-state index < -0.39 is 0 Å². The summed E-state index contributed by atoms with van der Waals surface area (Å²) >= 11 is 1.58. The van der Waals surface area contributed by atoms with E-state index >= 15 is 0 Å². The monoisotopic (exact) mass is 289 g/mol. The maximum atomic E-state index is 5.70. The molecule has 0 spiro atoms. The van der Waals surface area contributed by atoms with Gasteiger partial charge in [0.2, 0.25) is 5.89 Å². The summed E-state index contributed by atoms with van der Waals surface area (Å²) in [7, 11) is 0. The zero-order valence-electron chi connectivity index (χ0n) is 11.2. The van der Waals surface area contributed by atoms with Crippen LogP contribution < -0.4 is 5.32 Å². The number of hydrogen-bond acceptors (Lipinski definition) is 6. The predicted molar refractivity (Wildman–Crippen MR) is 76.3 cm³/mol. The quantitative estimate of drug-likeness (QED) is 0.774. The number of aromatic nitrogens is 2. The average molecular weight is 289 g/mol. The largest absolute Gasteiger partial charge is 0.468 e. The summed E-state index contributed by atoms with van der Waals surface area (Å²) in [4.78, 5) is 0.982. The van der Waals surface area contributed by atoms with Crippen molar-refractivity contribution in [3.63, 3.8) is 0 Å². The maximum Gasteiger partial charge on any atom is 0.257 e. The van der Waals surface area contributed by atoms with Crippen LogP contribution in [-0.4, -0.2) is 10.2 Å². The van der Waals surface area contributed by atoms with Crippen molar-refractivity contribution in [3.8, 4) is 10.8 Å². The van der Waals surface area contributed by atoms with E-state index in [1.807, 2.05) is 43.5 Å². The summed E-state index contributed by atoms with van der Waals surface area (Å²) in [5.74, 6) is 2.02. The number of nitrogens with zero attached hydrogens (tertiary/aromatic N) is 2. The Morgan fingerprint density at radius 2 is 2.05 bits per heavy atom. The Hall–Kier alpha value is -1.92. The lowest BCUT2D eigenvalue weighted by Crippen LogP contribution is -2.22. The van der Waals surface area contributed by atoms with Gasteiger partial charge in [0.05, 0.1) is 23.2 Å². The lowest BCUT2D eigenvalue weighted by atomic mass is 10.2. The van der Waals surface area contributed by atoms with Gasteiger partial charge in [0.1, 0.15) is 5.76 Å². The third kappa shape index (κ3) is 2.66. The van der Waals surface area contributed by atoms with Crippen LogP contribution in [0.3, 0.4) is 0 Å². The number of nitrogens with one attached hydrogen (secondary N) is 1. The van der Waals surface area contributed by atoms with Crippen LogP contribution in [0.15, 0.2) is 44.7 Å². The molecule has 3 rings (SSSR count). The molecule has 0 saturated heterocycles. The molecule has 20 heavy (non-hydrogen) atoms. The molecule has 0 unspecified atom stereocenters. The van der Waals surface area contributed by atoms with Gasteiger partial charge in [-0.2, -0.15) is 0 Å². The Balaban J connectivity index is 1.70. The lowest BCUT2D eigenvalue weighted by molar-refractivity contribution is 0.361. The Morgan fingerprint density at radius 1 is 1.15 bits per heavy atom. The molecule has 3 aromatic heterocycles. The summed E-state index contributed by atoms with van der Waals surface area (Å²) < 4.78 is 11.1. The third-order valence-electron chi connectivity index (χ3n) is 3.01. The van der Waals surface area contributed by atoms with E-state index in [1.165, 1.54) is 0 Å². The van der Waals surface area contributed by atoms with Gasteiger partial charge in [0.25, 0.3) is 5.89 Å². The molecule has 0 radical (unpaired) electrons. The maximum absolute atomic E-state index is 5.70. The number of thiophene rings is 1. The molecule has 0 aliphatic rings. The standard InChI is InChI=1S/C14H15N3O2S/c1-9(11-5-3-7-18-11)15-10(2)13-16-17-14(19-13)12-6-4-8-20-12/h3-10,15H,1-2H3/t9-,10-/m1/s1. The fourth-order valence-corrected chi connectivity index (χ4v) is 2.62. The van der Waals surface area contributed by atoms with Crippen LogP contribution in [0.5, 0.6) is 0 Å². The van der Waals surface area contributed by atoms with E-state index in [0.29, 0.717) is 11.8 Å². The van der Waals surface area contributed by atoms with Crippen LogP contribution >= 0.6 is 11.3 Å². The first-order valence-electron chi connectivity index (χ1n) is 6.41. The first kappa shape index (κ1) is 13.1. The fourth-order valence-electron chi connectivity index (χ4n) is 1.98. The van der Waals surface area contributed by atoms with Crippen LogP contribution in [-0.2, 0) is 0 Å². The highest BCUT2D eigenvalue weighted by Gasteiger charge is 2.18. The normalized spacial score (nSPS) is 14.3. The van der Waals surface area contributed by atoms with Gasteiger partial charge in [-0.3, -0.25) is 5.32 Å². The van der Waals surface area contributed by atoms with Gasteiger partial charge in [-0.05, 0) is 37.4 Å². The van der Waals surface area contributed by atoms with E-state index in [1.54, 1.807) is 17.6 Å². The van der Waals surface area contributed by atoms with Gasteiger partial charge < -0.3 is 8.83 Å². The Morgan fingerprint density at radius 3 is 2.75 bits per heavy atom. The molecule has 6 heteroatoms. The van der Waals surface area contributed by atoms with Gasteiger partial charge in [0.15, 0.2) is 0 Å². The van der Waals surface area contributed by atoms with Crippen LogP contribution in [0.1, 0.15) is 37.6 Å². The smallest absolute Gasteiger partial charge is 0.257 e. The number of rotatable bonds is 5. The molecule has 104 valence electrons. The van der Waals surface area contributed by atoms with Crippen LogP contribution in [0.2, 0.25) is 0 Å². The zero-order valence-corrected chi connectivity index (χ0v) is 12.1. The van der Waals surface area contributed by atoms with Crippen molar-refractivity contribution in [2.75, 3.05) is 0 Å². The highest BCUT2D eigenvalue weighted by Crippen LogP contribution is 2.25. The first-order valence-corrected chi connectivity index (χ1v) is 7.28. The summed E-state index contributed by atoms with van der Waals surface area (Å²) in [5, 5.41) is 13.5. The van der Waals surface area contributed by atoms with Crippen LogP contribution in [0.4, 0.5) is 0 Å². The molecular weight excluding hydrogens is 274 g/mol. The summed E-state index contributed by atoms with van der Waals surface area (Å²) in [6.45, 7) is 4.02. The second-order valence-electron chi connectivity index (χ2n) is 4.55. The molecule has 3 heterocycles. The van der Waals surface area contributed by atoms with Gasteiger partial charge in [-0.1, -0.05) is 6.07 Å².